The second-order valence-corrected chi connectivity index (χ2v) is 8.06. The van der Waals surface area contributed by atoms with Crippen LogP contribution in [0.15, 0.2) is 45.5 Å². The van der Waals surface area contributed by atoms with Crippen molar-refractivity contribution in [2.75, 3.05) is 13.1 Å². The second-order valence-electron chi connectivity index (χ2n) is 7.15. The van der Waals surface area contributed by atoms with E-state index in [4.69, 9.17) is 4.52 Å². The number of aromatic nitrogens is 2. The number of piperazine rings is 1. The summed E-state index contributed by atoms with van der Waals surface area (Å²) in [5.74, 6) is -0.293. The molecule has 2 unspecified atom stereocenters. The largest absolute Gasteiger partial charge is 0.356 e. The van der Waals surface area contributed by atoms with Crippen molar-refractivity contribution < 1.29 is 8.91 Å². The smallest absolute Gasteiger partial charge is 0.170 e. The van der Waals surface area contributed by atoms with Gasteiger partial charge in [0.1, 0.15) is 11.5 Å². The Morgan fingerprint density at radius 3 is 2.77 bits per heavy atom. The van der Waals surface area contributed by atoms with Crippen LogP contribution < -0.4 is 0 Å². The summed E-state index contributed by atoms with van der Waals surface area (Å²) in [4.78, 5) is 9.44. The van der Waals surface area contributed by atoms with Gasteiger partial charge in [-0.05, 0) is 46.6 Å². The number of nitrogens with zero attached hydrogens (tertiary/aromatic N) is 4. The molecule has 3 aliphatic rings. The van der Waals surface area contributed by atoms with Gasteiger partial charge in [0, 0.05) is 60.4 Å². The van der Waals surface area contributed by atoms with Crippen LogP contribution in [0.4, 0.5) is 4.39 Å². The summed E-state index contributed by atoms with van der Waals surface area (Å²) in [6.07, 6.45) is 3.08. The maximum absolute atomic E-state index is 13.3. The second kappa shape index (κ2) is 6.40. The molecule has 3 aromatic rings. The third kappa shape index (κ3) is 2.94. The number of halogens is 2. The van der Waals surface area contributed by atoms with Gasteiger partial charge >= 0.3 is 0 Å². The van der Waals surface area contributed by atoms with Gasteiger partial charge in [0.15, 0.2) is 5.58 Å². The average Bonchev–Trinajstić information content (AvgIpc) is 3.03. The van der Waals surface area contributed by atoms with Crippen LogP contribution in [0, 0.1) is 5.82 Å². The minimum absolute atomic E-state index is 0.293. The van der Waals surface area contributed by atoms with Crippen molar-refractivity contribution in [2.45, 2.75) is 31.6 Å². The van der Waals surface area contributed by atoms with E-state index in [-0.39, 0.29) is 5.82 Å². The van der Waals surface area contributed by atoms with Crippen molar-refractivity contribution in [1.82, 2.24) is 19.9 Å². The van der Waals surface area contributed by atoms with Gasteiger partial charge in [-0.25, -0.2) is 4.39 Å². The first-order valence-electron chi connectivity index (χ1n) is 8.78. The van der Waals surface area contributed by atoms with Crippen LogP contribution in [0.25, 0.3) is 11.0 Å². The van der Waals surface area contributed by atoms with Crippen molar-refractivity contribution in [2.24, 2.45) is 0 Å². The van der Waals surface area contributed by atoms with Crippen LogP contribution in [-0.2, 0) is 13.1 Å². The zero-order valence-electron chi connectivity index (χ0n) is 14.1. The topological polar surface area (TPSA) is 45.4 Å². The molecule has 3 fully saturated rings. The van der Waals surface area contributed by atoms with E-state index in [2.05, 4.69) is 41.9 Å². The van der Waals surface area contributed by atoms with Crippen LogP contribution >= 0.6 is 15.9 Å². The van der Waals surface area contributed by atoms with E-state index in [0.29, 0.717) is 17.7 Å². The number of fused-ring (bicyclic) bond motifs is 3. The van der Waals surface area contributed by atoms with Gasteiger partial charge in [-0.1, -0.05) is 5.16 Å². The number of pyridine rings is 1. The lowest BCUT2D eigenvalue weighted by Crippen LogP contribution is -2.67. The molecule has 0 aliphatic carbocycles. The Bertz CT molecular complexity index is 932. The Labute approximate surface area is 158 Å². The fourth-order valence-corrected chi connectivity index (χ4v) is 4.38. The molecule has 5 nitrogen and oxygen atoms in total. The fourth-order valence-electron chi connectivity index (χ4n) is 4.14. The van der Waals surface area contributed by atoms with E-state index in [1.165, 1.54) is 18.6 Å². The van der Waals surface area contributed by atoms with Crippen molar-refractivity contribution in [3.63, 3.8) is 0 Å². The SMILES string of the molecule is Fc1ccc2c(CN3C4CC3CN(Cc3ccc(Br)cn3)C4)noc2c1. The van der Waals surface area contributed by atoms with Gasteiger partial charge in [0.2, 0.25) is 0 Å². The van der Waals surface area contributed by atoms with E-state index in [0.717, 1.165) is 47.4 Å². The first-order chi connectivity index (χ1) is 12.7. The highest BCUT2D eigenvalue weighted by Crippen LogP contribution is 2.35. The first kappa shape index (κ1) is 16.4. The predicted molar refractivity (Wildman–Crippen MR) is 98.9 cm³/mol. The van der Waals surface area contributed by atoms with Crippen LogP contribution in [0.2, 0.25) is 0 Å². The summed E-state index contributed by atoms with van der Waals surface area (Å²) in [5, 5.41) is 5.08. The van der Waals surface area contributed by atoms with Gasteiger partial charge < -0.3 is 4.52 Å². The van der Waals surface area contributed by atoms with E-state index < -0.39 is 0 Å². The Balaban J connectivity index is 1.25. The molecular formula is C19H18BrFN4O. The molecule has 26 heavy (non-hydrogen) atoms. The van der Waals surface area contributed by atoms with E-state index in [9.17, 15) is 4.39 Å². The first-order valence-corrected chi connectivity index (χ1v) is 9.57. The lowest BCUT2D eigenvalue weighted by atomic mass is 9.87. The molecule has 3 saturated heterocycles. The number of hydrogen-bond acceptors (Lipinski definition) is 5. The number of rotatable bonds is 4. The molecule has 2 aromatic heterocycles. The van der Waals surface area contributed by atoms with Gasteiger partial charge in [-0.2, -0.15) is 0 Å². The molecule has 0 spiro atoms. The standard InChI is InChI=1S/C19H18BrFN4O/c20-12-1-3-14(22-7-12)8-24-9-15-6-16(10-24)25(15)11-18-17-4-2-13(21)5-19(17)26-23-18/h1-5,7,15-16H,6,8-11H2. The predicted octanol–water partition coefficient (Wildman–Crippen LogP) is 3.58. The molecule has 134 valence electrons. The highest BCUT2D eigenvalue weighted by atomic mass is 79.9. The molecule has 1 aromatic carbocycles. The van der Waals surface area contributed by atoms with Crippen LogP contribution in [0.3, 0.4) is 0 Å². The molecule has 0 saturated carbocycles. The molecule has 0 N–H and O–H groups in total. The quantitative estimate of drug-likeness (QED) is 0.650. The minimum atomic E-state index is -0.293. The summed E-state index contributed by atoms with van der Waals surface area (Å²) >= 11 is 3.43. The fraction of sp³-hybridized carbons (Fsp3) is 0.368. The number of benzene rings is 1. The summed E-state index contributed by atoms with van der Waals surface area (Å²) < 4.78 is 19.6. The molecule has 3 aliphatic heterocycles. The van der Waals surface area contributed by atoms with Gasteiger partial charge in [0.25, 0.3) is 0 Å². The van der Waals surface area contributed by atoms with E-state index in [1.54, 1.807) is 6.07 Å². The molecule has 7 heteroatoms. The normalized spacial score (nSPS) is 23.3. The highest BCUT2D eigenvalue weighted by molar-refractivity contribution is 9.10. The molecule has 2 atom stereocenters. The lowest BCUT2D eigenvalue weighted by molar-refractivity contribution is -0.0784. The Morgan fingerprint density at radius 1 is 1.15 bits per heavy atom. The van der Waals surface area contributed by atoms with Crippen molar-refractivity contribution in [1.29, 1.82) is 0 Å². The molecule has 0 radical (unpaired) electrons. The maximum Gasteiger partial charge on any atom is 0.170 e. The van der Waals surface area contributed by atoms with Gasteiger partial charge in [-0.15, -0.1) is 0 Å². The van der Waals surface area contributed by atoms with Crippen molar-refractivity contribution in [3.8, 4) is 0 Å². The highest BCUT2D eigenvalue weighted by Gasteiger charge is 2.44. The monoisotopic (exact) mass is 416 g/mol. The molecule has 2 bridgehead atoms. The molecule has 0 amide bonds. The Kier molecular flexibility index (Phi) is 4.03. The number of piperidine rings is 1. The minimum Gasteiger partial charge on any atom is -0.356 e. The van der Waals surface area contributed by atoms with Gasteiger partial charge in [0.05, 0.1) is 5.69 Å². The Morgan fingerprint density at radius 2 is 2.00 bits per heavy atom. The summed E-state index contributed by atoms with van der Waals surface area (Å²) in [6, 6.07) is 9.81. The van der Waals surface area contributed by atoms with Crippen molar-refractivity contribution in [3.05, 3.63) is 58.2 Å². The zero-order valence-corrected chi connectivity index (χ0v) is 15.7. The average molecular weight is 417 g/mol. The van der Waals surface area contributed by atoms with E-state index >= 15 is 0 Å². The summed E-state index contributed by atoms with van der Waals surface area (Å²) in [6.45, 7) is 3.73. The third-order valence-electron chi connectivity index (χ3n) is 5.44. The van der Waals surface area contributed by atoms with Crippen LogP contribution in [-0.4, -0.2) is 45.1 Å². The summed E-state index contributed by atoms with van der Waals surface area (Å²) in [5.41, 5.74) is 2.52. The van der Waals surface area contributed by atoms with Crippen LogP contribution in [0.1, 0.15) is 17.8 Å². The van der Waals surface area contributed by atoms with Crippen LogP contribution in [0.5, 0.6) is 0 Å². The molecule has 5 heterocycles. The van der Waals surface area contributed by atoms with Crippen molar-refractivity contribution >= 4 is 26.9 Å². The lowest BCUT2D eigenvalue weighted by Gasteiger charge is -2.56. The third-order valence-corrected chi connectivity index (χ3v) is 5.90. The Hall–Kier alpha value is -1.83. The molecular weight excluding hydrogens is 399 g/mol. The van der Waals surface area contributed by atoms with Gasteiger partial charge in [-0.3, -0.25) is 14.8 Å². The number of hydrogen-bond donors (Lipinski definition) is 0. The zero-order chi connectivity index (χ0) is 17.7. The molecule has 6 rings (SSSR count). The van der Waals surface area contributed by atoms with E-state index in [1.807, 2.05) is 12.3 Å². The maximum atomic E-state index is 13.3. The summed E-state index contributed by atoms with van der Waals surface area (Å²) in [7, 11) is 0.